The van der Waals surface area contributed by atoms with Crippen molar-refractivity contribution in [2.45, 2.75) is 32.2 Å². The van der Waals surface area contributed by atoms with Crippen LogP contribution in [0.5, 0.6) is 0 Å². The summed E-state index contributed by atoms with van der Waals surface area (Å²) in [5.41, 5.74) is 7.72. The molecule has 150 valence electrons. The van der Waals surface area contributed by atoms with Crippen LogP contribution in [0.1, 0.15) is 42.5 Å². The predicted molar refractivity (Wildman–Crippen MR) is 122 cm³/mol. The summed E-state index contributed by atoms with van der Waals surface area (Å²) < 4.78 is 0. The van der Waals surface area contributed by atoms with Gasteiger partial charge in [0.1, 0.15) is 0 Å². The van der Waals surface area contributed by atoms with Crippen LogP contribution < -0.4 is 15.5 Å². The largest absolute Gasteiger partial charge is 0.382 e. The minimum absolute atomic E-state index is 0.309. The zero-order chi connectivity index (χ0) is 20.2. The minimum Gasteiger partial charge on any atom is -0.382 e. The molecule has 2 aromatic carbocycles. The van der Waals surface area contributed by atoms with Gasteiger partial charge in [-0.3, -0.25) is 4.98 Å². The van der Waals surface area contributed by atoms with E-state index in [9.17, 15) is 0 Å². The first-order valence-electron chi connectivity index (χ1n) is 10.5. The third kappa shape index (κ3) is 4.43. The first-order chi connectivity index (χ1) is 14.1. The summed E-state index contributed by atoms with van der Waals surface area (Å²) in [5, 5.41) is 7.14. The molecule has 1 atom stereocenters. The molecule has 0 radical (unpaired) electrons. The van der Waals surface area contributed by atoms with Crippen LogP contribution in [0.4, 0.5) is 17.1 Å². The Morgan fingerprint density at radius 1 is 1.10 bits per heavy atom. The lowest BCUT2D eigenvalue weighted by atomic mass is 9.93. The molecule has 0 amide bonds. The van der Waals surface area contributed by atoms with Gasteiger partial charge in [0.15, 0.2) is 0 Å². The summed E-state index contributed by atoms with van der Waals surface area (Å²) >= 11 is 0. The van der Waals surface area contributed by atoms with Crippen LogP contribution >= 0.6 is 0 Å². The zero-order valence-electron chi connectivity index (χ0n) is 17.5. The Kier molecular flexibility index (Phi) is 5.81. The van der Waals surface area contributed by atoms with Crippen LogP contribution in [-0.4, -0.2) is 25.1 Å². The van der Waals surface area contributed by atoms with Crippen molar-refractivity contribution in [3.63, 3.8) is 0 Å². The molecular formula is C25H30N4. The summed E-state index contributed by atoms with van der Waals surface area (Å²) in [6.45, 7) is 6.32. The van der Waals surface area contributed by atoms with E-state index < -0.39 is 0 Å². The molecule has 0 spiro atoms. The predicted octanol–water partition coefficient (Wildman–Crippen LogP) is 5.27. The van der Waals surface area contributed by atoms with Crippen molar-refractivity contribution in [1.29, 1.82) is 0 Å². The molecule has 2 heterocycles. The number of nitrogens with zero attached hydrogens (tertiary/aromatic N) is 2. The maximum atomic E-state index is 4.18. The lowest BCUT2D eigenvalue weighted by Crippen LogP contribution is -2.34. The van der Waals surface area contributed by atoms with Crippen LogP contribution in [0.15, 0.2) is 67.0 Å². The van der Waals surface area contributed by atoms with Crippen LogP contribution in [0.2, 0.25) is 0 Å². The molecule has 1 aromatic heterocycles. The fourth-order valence-corrected chi connectivity index (χ4v) is 3.95. The molecule has 0 aliphatic carbocycles. The molecule has 0 saturated carbocycles. The Labute approximate surface area is 174 Å². The second-order valence-corrected chi connectivity index (χ2v) is 8.07. The van der Waals surface area contributed by atoms with Crippen molar-refractivity contribution in [1.82, 2.24) is 10.3 Å². The Morgan fingerprint density at radius 2 is 1.90 bits per heavy atom. The number of fused-ring (bicyclic) bond motifs is 1. The van der Waals surface area contributed by atoms with Gasteiger partial charge in [0.05, 0.1) is 5.69 Å². The average molecular weight is 387 g/mol. The fourth-order valence-electron chi connectivity index (χ4n) is 3.95. The van der Waals surface area contributed by atoms with E-state index in [1.165, 1.54) is 28.1 Å². The lowest BCUT2D eigenvalue weighted by molar-refractivity contribution is 0.523. The monoisotopic (exact) mass is 386 g/mol. The van der Waals surface area contributed by atoms with Crippen LogP contribution in [0, 0.1) is 0 Å². The molecule has 0 unspecified atom stereocenters. The van der Waals surface area contributed by atoms with Gasteiger partial charge in [-0.1, -0.05) is 32.0 Å². The summed E-state index contributed by atoms with van der Waals surface area (Å²) in [4.78, 5) is 6.45. The van der Waals surface area contributed by atoms with Gasteiger partial charge in [0.25, 0.3) is 0 Å². The minimum atomic E-state index is 0.309. The van der Waals surface area contributed by atoms with Gasteiger partial charge in [0.2, 0.25) is 0 Å². The first-order valence-corrected chi connectivity index (χ1v) is 10.5. The molecule has 3 aromatic rings. The van der Waals surface area contributed by atoms with Gasteiger partial charge in [-0.25, -0.2) is 0 Å². The van der Waals surface area contributed by atoms with Gasteiger partial charge < -0.3 is 15.5 Å². The molecular weight excluding hydrogens is 356 g/mol. The summed E-state index contributed by atoms with van der Waals surface area (Å²) in [7, 11) is 2.15. The Hall–Kier alpha value is -2.85. The molecule has 1 aliphatic heterocycles. The van der Waals surface area contributed by atoms with Crippen LogP contribution in [0.25, 0.3) is 0 Å². The zero-order valence-corrected chi connectivity index (χ0v) is 17.5. The Balaban J connectivity index is 1.50. The van der Waals surface area contributed by atoms with E-state index in [-0.39, 0.29) is 0 Å². The van der Waals surface area contributed by atoms with Gasteiger partial charge in [-0.05, 0) is 72.0 Å². The maximum Gasteiger partial charge on any atom is 0.0527 e. The highest BCUT2D eigenvalue weighted by molar-refractivity contribution is 5.64. The summed E-state index contributed by atoms with van der Waals surface area (Å²) in [6, 6.07) is 20.1. The topological polar surface area (TPSA) is 40.2 Å². The Bertz CT molecular complexity index is 935. The third-order valence-corrected chi connectivity index (χ3v) is 5.79. The van der Waals surface area contributed by atoms with Crippen LogP contribution in [0.3, 0.4) is 0 Å². The Morgan fingerprint density at radius 3 is 2.62 bits per heavy atom. The molecule has 29 heavy (non-hydrogen) atoms. The SMILES string of the molecule is CC(C)c1ccc(N(C)c2ccc3c(c2)CCN[C@H]3CNc2cccnc2)cc1. The third-order valence-electron chi connectivity index (χ3n) is 5.79. The van der Waals surface area contributed by atoms with Crippen molar-refractivity contribution in [2.24, 2.45) is 0 Å². The van der Waals surface area contributed by atoms with Crippen LogP contribution in [-0.2, 0) is 6.42 Å². The van der Waals surface area contributed by atoms with E-state index in [1.807, 2.05) is 12.3 Å². The lowest BCUT2D eigenvalue weighted by Gasteiger charge is -2.29. The average Bonchev–Trinajstić information content (AvgIpc) is 2.77. The van der Waals surface area contributed by atoms with Crippen molar-refractivity contribution in [2.75, 3.05) is 30.4 Å². The van der Waals surface area contributed by atoms with Crippen molar-refractivity contribution in [3.05, 3.63) is 83.7 Å². The number of hydrogen-bond donors (Lipinski definition) is 2. The second-order valence-electron chi connectivity index (χ2n) is 8.07. The van der Waals surface area contributed by atoms with Gasteiger partial charge in [0, 0.05) is 43.4 Å². The van der Waals surface area contributed by atoms with E-state index in [4.69, 9.17) is 0 Å². The fraction of sp³-hybridized carbons (Fsp3) is 0.320. The number of rotatable bonds is 6. The summed E-state index contributed by atoms with van der Waals surface area (Å²) in [5.74, 6) is 0.558. The quantitative estimate of drug-likeness (QED) is 0.605. The van der Waals surface area contributed by atoms with Crippen molar-refractivity contribution in [3.8, 4) is 0 Å². The highest BCUT2D eigenvalue weighted by Gasteiger charge is 2.20. The van der Waals surface area contributed by atoms with Crippen molar-refractivity contribution >= 4 is 17.1 Å². The molecule has 4 rings (SSSR count). The van der Waals surface area contributed by atoms with E-state index in [0.29, 0.717) is 12.0 Å². The standard InChI is InChI=1S/C25H30N4/c1-18(2)19-6-8-22(9-7-19)29(3)23-10-11-24-20(15-23)12-14-27-25(24)17-28-21-5-4-13-26-16-21/h4-11,13,15-16,18,25,27-28H,12,14,17H2,1-3H3/t25-/m0/s1. The van der Waals surface area contributed by atoms with E-state index in [2.05, 4.69) is 89.9 Å². The number of hydrogen-bond acceptors (Lipinski definition) is 4. The number of aromatic nitrogens is 1. The first kappa shape index (κ1) is 19.5. The number of pyridine rings is 1. The molecule has 4 heteroatoms. The molecule has 1 aliphatic rings. The molecule has 2 N–H and O–H groups in total. The van der Waals surface area contributed by atoms with Gasteiger partial charge >= 0.3 is 0 Å². The number of benzene rings is 2. The molecule has 0 fully saturated rings. The smallest absolute Gasteiger partial charge is 0.0527 e. The van der Waals surface area contributed by atoms with Gasteiger partial charge in [-0.15, -0.1) is 0 Å². The van der Waals surface area contributed by atoms with Crippen molar-refractivity contribution < 1.29 is 0 Å². The van der Waals surface area contributed by atoms with Gasteiger partial charge in [-0.2, -0.15) is 0 Å². The van der Waals surface area contributed by atoms with E-state index >= 15 is 0 Å². The highest BCUT2D eigenvalue weighted by Crippen LogP contribution is 2.31. The second kappa shape index (κ2) is 8.66. The molecule has 0 saturated heterocycles. The maximum absolute atomic E-state index is 4.18. The number of nitrogens with one attached hydrogen (secondary N) is 2. The number of anilines is 3. The molecule has 0 bridgehead atoms. The molecule has 4 nitrogen and oxygen atoms in total. The van der Waals surface area contributed by atoms with E-state index in [1.54, 1.807) is 6.20 Å². The summed E-state index contributed by atoms with van der Waals surface area (Å²) in [6.07, 6.45) is 4.73. The van der Waals surface area contributed by atoms with E-state index in [0.717, 1.165) is 25.2 Å². The highest BCUT2D eigenvalue weighted by atomic mass is 15.1. The normalized spacial score (nSPS) is 15.8.